The molecule has 4 aromatic rings. The van der Waals surface area contributed by atoms with Crippen LogP contribution in [0.2, 0.25) is 5.02 Å². The zero-order chi connectivity index (χ0) is 32.6. The molecule has 0 aliphatic carbocycles. The average molecular weight is 646 g/mol. The summed E-state index contributed by atoms with van der Waals surface area (Å²) >= 11 is 6.15. The molecule has 9 heteroatoms. The molecule has 0 radical (unpaired) electrons. The molecule has 236 valence electrons. The highest BCUT2D eigenvalue weighted by Gasteiger charge is 2.34. The van der Waals surface area contributed by atoms with Crippen LogP contribution in [0.3, 0.4) is 0 Å². The van der Waals surface area contributed by atoms with Crippen LogP contribution in [0.15, 0.2) is 102 Å². The number of nitrogens with one attached hydrogen (secondary N) is 1. The molecule has 1 atom stereocenters. The van der Waals surface area contributed by atoms with E-state index in [9.17, 15) is 18.0 Å². The van der Waals surface area contributed by atoms with Gasteiger partial charge in [-0.3, -0.25) is 13.9 Å². The van der Waals surface area contributed by atoms with Gasteiger partial charge in [0, 0.05) is 24.5 Å². The van der Waals surface area contributed by atoms with Crippen LogP contribution in [0.1, 0.15) is 41.2 Å². The Hall–Kier alpha value is -4.14. The first kappa shape index (κ1) is 33.7. The van der Waals surface area contributed by atoms with E-state index in [4.69, 9.17) is 11.6 Å². The van der Waals surface area contributed by atoms with Gasteiger partial charge in [-0.05, 0) is 85.8 Å². The lowest BCUT2D eigenvalue weighted by Crippen LogP contribution is -2.53. The molecular weight excluding hydrogens is 606 g/mol. The molecule has 45 heavy (non-hydrogen) atoms. The average Bonchev–Trinajstić information content (AvgIpc) is 3.03. The van der Waals surface area contributed by atoms with Crippen LogP contribution in [0.25, 0.3) is 0 Å². The molecule has 0 aromatic heterocycles. The summed E-state index contributed by atoms with van der Waals surface area (Å²) in [6.45, 7) is 7.71. The van der Waals surface area contributed by atoms with Crippen molar-refractivity contribution in [2.45, 2.75) is 58.0 Å². The summed E-state index contributed by atoms with van der Waals surface area (Å²) in [6, 6.07) is 27.5. The van der Waals surface area contributed by atoms with E-state index in [2.05, 4.69) is 5.32 Å². The van der Waals surface area contributed by atoms with Crippen molar-refractivity contribution < 1.29 is 18.0 Å². The third-order valence-electron chi connectivity index (χ3n) is 7.75. The smallest absolute Gasteiger partial charge is 0.264 e. The quantitative estimate of drug-likeness (QED) is 0.177. The number of hydrogen-bond acceptors (Lipinski definition) is 4. The van der Waals surface area contributed by atoms with Crippen molar-refractivity contribution in [3.63, 3.8) is 0 Å². The van der Waals surface area contributed by atoms with Crippen LogP contribution in [-0.4, -0.2) is 44.3 Å². The summed E-state index contributed by atoms with van der Waals surface area (Å²) in [7, 11) is -4.16. The molecule has 0 fully saturated rings. The summed E-state index contributed by atoms with van der Waals surface area (Å²) in [6.07, 6.45) is 0.980. The van der Waals surface area contributed by atoms with Crippen molar-refractivity contribution in [1.82, 2.24) is 10.2 Å². The Kier molecular flexibility index (Phi) is 11.4. The van der Waals surface area contributed by atoms with E-state index in [1.165, 1.54) is 4.90 Å². The zero-order valence-electron chi connectivity index (χ0n) is 26.2. The Bertz CT molecular complexity index is 1710. The second-order valence-corrected chi connectivity index (χ2v) is 13.5. The second kappa shape index (κ2) is 15.2. The molecule has 0 aliphatic rings. The first-order chi connectivity index (χ1) is 21.5. The van der Waals surface area contributed by atoms with E-state index in [-0.39, 0.29) is 23.8 Å². The number of rotatable bonds is 13. The number of aryl methyl sites for hydroxylation is 3. The minimum atomic E-state index is -4.16. The van der Waals surface area contributed by atoms with E-state index in [0.717, 1.165) is 38.5 Å². The van der Waals surface area contributed by atoms with Gasteiger partial charge in [-0.25, -0.2) is 8.42 Å². The maximum atomic E-state index is 14.5. The van der Waals surface area contributed by atoms with Gasteiger partial charge >= 0.3 is 0 Å². The van der Waals surface area contributed by atoms with Gasteiger partial charge in [0.1, 0.15) is 12.6 Å². The van der Waals surface area contributed by atoms with Crippen LogP contribution in [0, 0.1) is 20.8 Å². The number of hydrogen-bond donors (Lipinski definition) is 1. The van der Waals surface area contributed by atoms with Gasteiger partial charge in [-0.2, -0.15) is 0 Å². The van der Waals surface area contributed by atoms with Crippen LogP contribution in [0.5, 0.6) is 0 Å². The van der Waals surface area contributed by atoms with Crippen LogP contribution < -0.4 is 9.62 Å². The maximum absolute atomic E-state index is 14.5. The molecular formula is C36H40ClN3O4S. The largest absolute Gasteiger partial charge is 0.354 e. The summed E-state index contributed by atoms with van der Waals surface area (Å²) < 4.78 is 29.5. The van der Waals surface area contributed by atoms with E-state index in [1.807, 2.05) is 64.1 Å². The fourth-order valence-corrected chi connectivity index (χ4v) is 6.49. The Morgan fingerprint density at radius 3 is 2.11 bits per heavy atom. The molecule has 0 spiro atoms. The number of amides is 2. The SMILES string of the molecule is CCCNC(=O)[C@@H](Cc1ccccc1)N(Cc1ccc(Cl)cc1)C(=O)CN(c1ccc(C)c(C)c1)S(=O)(=O)c1ccc(C)cc1. The van der Waals surface area contributed by atoms with Crippen LogP contribution >= 0.6 is 11.6 Å². The maximum Gasteiger partial charge on any atom is 0.264 e. The molecule has 0 saturated heterocycles. The molecule has 0 bridgehead atoms. The summed E-state index contributed by atoms with van der Waals surface area (Å²) in [4.78, 5) is 29.8. The number of halogens is 1. The predicted molar refractivity (Wildman–Crippen MR) is 181 cm³/mol. The van der Waals surface area contributed by atoms with E-state index in [1.54, 1.807) is 60.7 Å². The van der Waals surface area contributed by atoms with Gasteiger partial charge in [0.15, 0.2) is 0 Å². The normalized spacial score (nSPS) is 11.9. The number of anilines is 1. The fourth-order valence-electron chi connectivity index (χ4n) is 4.95. The minimum absolute atomic E-state index is 0.0740. The molecule has 4 aromatic carbocycles. The first-order valence-corrected chi connectivity index (χ1v) is 16.8. The Balaban J connectivity index is 1.81. The molecule has 4 rings (SSSR count). The Labute approximate surface area is 271 Å². The lowest BCUT2D eigenvalue weighted by Gasteiger charge is -2.34. The molecule has 1 N–H and O–H groups in total. The van der Waals surface area contributed by atoms with Crippen molar-refractivity contribution in [1.29, 1.82) is 0 Å². The fraction of sp³-hybridized carbons (Fsp3) is 0.278. The van der Waals surface area contributed by atoms with Gasteiger partial charge in [0.2, 0.25) is 11.8 Å². The van der Waals surface area contributed by atoms with Gasteiger partial charge < -0.3 is 10.2 Å². The molecule has 7 nitrogen and oxygen atoms in total. The van der Waals surface area contributed by atoms with Crippen molar-refractivity contribution in [2.75, 3.05) is 17.4 Å². The topological polar surface area (TPSA) is 86.8 Å². The monoisotopic (exact) mass is 645 g/mol. The summed E-state index contributed by atoms with van der Waals surface area (Å²) in [5.74, 6) is -0.811. The van der Waals surface area contributed by atoms with E-state index < -0.39 is 28.5 Å². The first-order valence-electron chi connectivity index (χ1n) is 15.0. The molecule has 0 heterocycles. The highest BCUT2D eigenvalue weighted by Crippen LogP contribution is 2.27. The molecule has 0 unspecified atom stereocenters. The number of benzene rings is 4. The predicted octanol–water partition coefficient (Wildman–Crippen LogP) is 6.63. The highest BCUT2D eigenvalue weighted by atomic mass is 35.5. The third kappa shape index (κ3) is 8.74. The lowest BCUT2D eigenvalue weighted by molar-refractivity contribution is -0.140. The number of nitrogens with zero attached hydrogens (tertiary/aromatic N) is 2. The second-order valence-electron chi connectivity index (χ2n) is 11.2. The lowest BCUT2D eigenvalue weighted by atomic mass is 10.0. The van der Waals surface area contributed by atoms with Crippen LogP contribution in [-0.2, 0) is 32.6 Å². The standard InChI is InChI=1S/C36H40ClN3O4S/c1-5-21-38-36(42)34(23-29-9-7-6-8-10-29)39(24-30-14-16-31(37)17-15-30)35(41)25-40(32-18-13-27(3)28(4)22-32)45(43,44)33-19-11-26(2)12-20-33/h6-20,22,34H,5,21,23-25H2,1-4H3,(H,38,42)/t34-/m1/s1. The number of carbonyl (C=O) groups is 2. The zero-order valence-corrected chi connectivity index (χ0v) is 27.7. The van der Waals surface area contributed by atoms with Gasteiger partial charge in [0.05, 0.1) is 10.6 Å². The van der Waals surface area contributed by atoms with E-state index in [0.29, 0.717) is 17.3 Å². The van der Waals surface area contributed by atoms with Crippen molar-refractivity contribution >= 4 is 39.1 Å². The summed E-state index contributed by atoms with van der Waals surface area (Å²) in [5, 5.41) is 3.50. The number of sulfonamides is 1. The highest BCUT2D eigenvalue weighted by molar-refractivity contribution is 7.92. The third-order valence-corrected chi connectivity index (χ3v) is 9.79. The van der Waals surface area contributed by atoms with Crippen LogP contribution in [0.4, 0.5) is 5.69 Å². The Morgan fingerprint density at radius 2 is 1.49 bits per heavy atom. The molecule has 0 aliphatic heterocycles. The van der Waals surface area contributed by atoms with Gasteiger partial charge in [-0.1, -0.05) is 84.8 Å². The van der Waals surface area contributed by atoms with Gasteiger partial charge in [-0.15, -0.1) is 0 Å². The molecule has 2 amide bonds. The Morgan fingerprint density at radius 1 is 0.822 bits per heavy atom. The molecule has 0 saturated carbocycles. The number of carbonyl (C=O) groups excluding carboxylic acids is 2. The van der Waals surface area contributed by atoms with Crippen molar-refractivity contribution in [2.24, 2.45) is 0 Å². The van der Waals surface area contributed by atoms with Crippen molar-refractivity contribution in [3.05, 3.63) is 130 Å². The van der Waals surface area contributed by atoms with E-state index >= 15 is 0 Å². The van der Waals surface area contributed by atoms with Gasteiger partial charge in [0.25, 0.3) is 10.0 Å². The minimum Gasteiger partial charge on any atom is -0.354 e. The summed E-state index contributed by atoms with van der Waals surface area (Å²) in [5.41, 5.74) is 4.81. The van der Waals surface area contributed by atoms with Crippen molar-refractivity contribution in [3.8, 4) is 0 Å².